The van der Waals surface area contributed by atoms with Crippen molar-refractivity contribution in [2.45, 2.75) is 44.6 Å². The number of hydrogen-bond acceptors (Lipinski definition) is 5. The molecular weight excluding hydrogens is 542 g/mol. The van der Waals surface area contributed by atoms with Crippen LogP contribution in [0.2, 0.25) is 0 Å². The van der Waals surface area contributed by atoms with Crippen molar-refractivity contribution in [1.82, 2.24) is 15.6 Å². The molecule has 7 nitrogen and oxygen atoms in total. The van der Waals surface area contributed by atoms with Gasteiger partial charge in [-0.1, -0.05) is 30.3 Å². The molecule has 2 atom stereocenters. The van der Waals surface area contributed by atoms with Crippen LogP contribution in [0.5, 0.6) is 5.75 Å². The molecule has 0 aliphatic heterocycles. The van der Waals surface area contributed by atoms with Crippen LogP contribution in [0.3, 0.4) is 0 Å². The Morgan fingerprint density at radius 3 is 2.41 bits per heavy atom. The summed E-state index contributed by atoms with van der Waals surface area (Å²) in [6.45, 7) is 1.82. The number of aromatic hydroxyl groups is 1. The Morgan fingerprint density at radius 2 is 1.71 bits per heavy atom. The highest BCUT2D eigenvalue weighted by atomic mass is 19.4. The van der Waals surface area contributed by atoms with E-state index in [2.05, 4.69) is 15.6 Å². The number of fused-ring (bicyclic) bond motifs is 1. The molecule has 0 saturated heterocycles. The largest absolute Gasteiger partial charge is 0.506 e. The number of carbonyl (C=O) groups is 1. The number of phenolic OH excluding ortho intramolecular Hbond substituents is 1. The predicted molar refractivity (Wildman–Crippen MR) is 146 cm³/mol. The van der Waals surface area contributed by atoms with Crippen molar-refractivity contribution in [3.63, 3.8) is 0 Å². The van der Waals surface area contributed by atoms with Gasteiger partial charge in [-0.15, -0.1) is 0 Å². The number of aliphatic hydroxyl groups is 1. The monoisotopic (exact) mass is 571 g/mol. The lowest BCUT2D eigenvalue weighted by Gasteiger charge is -2.19. The summed E-state index contributed by atoms with van der Waals surface area (Å²) in [5.41, 5.74) is 0.896. The lowest BCUT2D eigenvalue weighted by atomic mass is 10.0. The maximum Gasteiger partial charge on any atom is 0.416 e. The summed E-state index contributed by atoms with van der Waals surface area (Å²) in [4.78, 5) is 26.5. The highest BCUT2D eigenvalue weighted by Crippen LogP contribution is 2.30. The second-order valence-corrected chi connectivity index (χ2v) is 9.89. The van der Waals surface area contributed by atoms with Gasteiger partial charge in [-0.2, -0.15) is 13.2 Å². The molecule has 0 radical (unpaired) electrons. The van der Waals surface area contributed by atoms with Crippen LogP contribution in [0, 0.1) is 5.82 Å². The van der Waals surface area contributed by atoms with Gasteiger partial charge in [-0.25, -0.2) is 4.39 Å². The number of rotatable bonds is 10. The number of carbonyl (C=O) groups excluding carboxylic acids is 1. The summed E-state index contributed by atoms with van der Waals surface area (Å²) >= 11 is 0. The van der Waals surface area contributed by atoms with Crippen LogP contribution in [-0.4, -0.2) is 33.7 Å². The minimum absolute atomic E-state index is 0.0211. The van der Waals surface area contributed by atoms with E-state index in [-0.39, 0.29) is 47.9 Å². The van der Waals surface area contributed by atoms with Crippen LogP contribution < -0.4 is 16.2 Å². The molecule has 1 heterocycles. The van der Waals surface area contributed by atoms with Gasteiger partial charge in [0, 0.05) is 36.1 Å². The molecule has 3 aromatic carbocycles. The number of benzene rings is 3. The van der Waals surface area contributed by atoms with Gasteiger partial charge in [-0.05, 0) is 60.4 Å². The molecule has 5 N–H and O–H groups in total. The van der Waals surface area contributed by atoms with Crippen LogP contribution in [0.4, 0.5) is 17.6 Å². The minimum atomic E-state index is -4.61. The number of nitrogens with one attached hydrogen (secondary N) is 3. The van der Waals surface area contributed by atoms with E-state index >= 15 is 0 Å². The van der Waals surface area contributed by atoms with Gasteiger partial charge in [-0.3, -0.25) is 9.59 Å². The molecule has 216 valence electrons. The van der Waals surface area contributed by atoms with Crippen LogP contribution in [0.1, 0.15) is 40.8 Å². The molecule has 0 bridgehead atoms. The lowest BCUT2D eigenvalue weighted by Crippen LogP contribution is -2.32. The predicted octanol–water partition coefficient (Wildman–Crippen LogP) is 4.50. The zero-order chi connectivity index (χ0) is 29.7. The SMILES string of the molecule is C[C@H](Cc1ccc(CC(=O)NCc2cc(C(F)(F)F)ccc2F)cc1)NC[C@H](O)c1ccc(O)c2[nH]c(=O)ccc12. The molecular formula is C30H29F4N3O4. The van der Waals surface area contributed by atoms with Gasteiger partial charge >= 0.3 is 6.18 Å². The lowest BCUT2D eigenvalue weighted by molar-refractivity contribution is -0.137. The van der Waals surface area contributed by atoms with Gasteiger partial charge in [0.15, 0.2) is 0 Å². The van der Waals surface area contributed by atoms with E-state index in [1.165, 1.54) is 12.1 Å². The number of pyridine rings is 1. The number of H-pyrrole nitrogens is 1. The van der Waals surface area contributed by atoms with Gasteiger partial charge in [0.1, 0.15) is 11.6 Å². The first kappa shape index (κ1) is 29.8. The smallest absolute Gasteiger partial charge is 0.416 e. The van der Waals surface area contributed by atoms with Crippen molar-refractivity contribution in [2.24, 2.45) is 0 Å². The van der Waals surface area contributed by atoms with Gasteiger partial charge in [0.25, 0.3) is 0 Å². The standard InChI is InChI=1S/C30H29F4N3O4/c1-17(35-16-26(39)22-7-10-25(38)29-23(22)8-11-27(40)37-29)12-18-2-4-19(5-3-18)13-28(41)36-15-20-14-21(30(32,33)34)6-9-24(20)31/h2-11,14,17,26,35,38-39H,12-13,15-16H2,1H3,(H,36,41)(H,37,40)/t17-,26+/m1/s1. The second-order valence-electron chi connectivity index (χ2n) is 9.89. The number of phenols is 1. The average molecular weight is 572 g/mol. The summed E-state index contributed by atoms with van der Waals surface area (Å²) in [6.07, 6.45) is -4.90. The molecule has 0 unspecified atom stereocenters. The summed E-state index contributed by atoms with van der Waals surface area (Å²) in [7, 11) is 0. The number of aliphatic hydroxyl groups excluding tert-OH is 1. The average Bonchev–Trinajstić information content (AvgIpc) is 2.92. The first-order chi connectivity index (χ1) is 19.4. The molecule has 0 fully saturated rings. The van der Waals surface area contributed by atoms with Crippen molar-refractivity contribution in [2.75, 3.05) is 6.54 Å². The van der Waals surface area contributed by atoms with Crippen molar-refractivity contribution in [3.8, 4) is 5.75 Å². The zero-order valence-corrected chi connectivity index (χ0v) is 22.1. The Kier molecular flexibility index (Phi) is 9.09. The maximum atomic E-state index is 13.9. The second kappa shape index (κ2) is 12.5. The fraction of sp³-hybridized carbons (Fsp3) is 0.267. The number of aromatic nitrogens is 1. The molecule has 1 aromatic heterocycles. The van der Waals surface area contributed by atoms with E-state index in [0.29, 0.717) is 35.1 Å². The Hall–Kier alpha value is -4.22. The summed E-state index contributed by atoms with van der Waals surface area (Å²) < 4.78 is 52.5. The van der Waals surface area contributed by atoms with Gasteiger partial charge in [0.2, 0.25) is 11.5 Å². The summed E-state index contributed by atoms with van der Waals surface area (Å²) in [6, 6.07) is 15.2. The number of alkyl halides is 3. The molecule has 4 rings (SSSR count). The minimum Gasteiger partial charge on any atom is -0.506 e. The summed E-state index contributed by atoms with van der Waals surface area (Å²) in [5, 5.41) is 27.1. The Labute approximate surface area is 232 Å². The topological polar surface area (TPSA) is 114 Å². The van der Waals surface area contributed by atoms with E-state index in [1.807, 2.05) is 19.1 Å². The Morgan fingerprint density at radius 1 is 1.00 bits per heavy atom. The fourth-order valence-electron chi connectivity index (χ4n) is 4.52. The maximum absolute atomic E-state index is 13.9. The highest BCUT2D eigenvalue weighted by Gasteiger charge is 2.31. The Balaban J connectivity index is 1.27. The third kappa shape index (κ3) is 7.71. The van der Waals surface area contributed by atoms with E-state index < -0.39 is 29.6 Å². The third-order valence-electron chi connectivity index (χ3n) is 6.70. The van der Waals surface area contributed by atoms with E-state index in [0.717, 1.165) is 11.6 Å². The number of halogens is 4. The molecule has 11 heteroatoms. The van der Waals surface area contributed by atoms with Crippen LogP contribution in [0.15, 0.2) is 71.5 Å². The van der Waals surface area contributed by atoms with Crippen molar-refractivity contribution < 1.29 is 32.6 Å². The number of amides is 1. The molecule has 0 aliphatic carbocycles. The van der Waals surface area contributed by atoms with Crippen molar-refractivity contribution in [3.05, 3.63) is 111 Å². The zero-order valence-electron chi connectivity index (χ0n) is 22.1. The molecule has 41 heavy (non-hydrogen) atoms. The van der Waals surface area contributed by atoms with E-state index in [1.54, 1.807) is 24.3 Å². The molecule has 0 aliphatic rings. The number of aromatic amines is 1. The fourth-order valence-corrected chi connectivity index (χ4v) is 4.52. The molecule has 0 spiro atoms. The molecule has 1 amide bonds. The first-order valence-corrected chi connectivity index (χ1v) is 12.9. The van der Waals surface area contributed by atoms with Crippen LogP contribution >= 0.6 is 0 Å². The highest BCUT2D eigenvalue weighted by molar-refractivity contribution is 5.87. The summed E-state index contributed by atoms with van der Waals surface area (Å²) in [5.74, 6) is -1.37. The van der Waals surface area contributed by atoms with E-state index in [9.17, 15) is 37.4 Å². The van der Waals surface area contributed by atoms with E-state index in [4.69, 9.17) is 0 Å². The van der Waals surface area contributed by atoms with Gasteiger partial charge < -0.3 is 25.8 Å². The normalized spacial score (nSPS) is 13.2. The molecule has 0 saturated carbocycles. The Bertz CT molecular complexity index is 1590. The van der Waals surface area contributed by atoms with Crippen LogP contribution in [-0.2, 0) is 30.4 Å². The van der Waals surface area contributed by atoms with Gasteiger partial charge in [0.05, 0.1) is 23.6 Å². The quantitative estimate of drug-likeness (QED) is 0.180. The third-order valence-corrected chi connectivity index (χ3v) is 6.70. The molecule has 4 aromatic rings. The van der Waals surface area contributed by atoms with Crippen LogP contribution in [0.25, 0.3) is 10.9 Å². The number of hydrogen-bond donors (Lipinski definition) is 5. The van der Waals surface area contributed by atoms with Crippen molar-refractivity contribution in [1.29, 1.82) is 0 Å². The first-order valence-electron chi connectivity index (χ1n) is 12.9. The van der Waals surface area contributed by atoms with Crippen molar-refractivity contribution >= 4 is 16.8 Å².